The van der Waals surface area contributed by atoms with Crippen LogP contribution in [-0.4, -0.2) is 10.9 Å². The maximum absolute atomic E-state index is 13.2. The van der Waals surface area contributed by atoms with Crippen LogP contribution in [0.15, 0.2) is 31.8 Å². The highest BCUT2D eigenvalue weighted by Crippen LogP contribution is 2.32. The highest BCUT2D eigenvalue weighted by atomic mass is 79.9. The molecule has 3 nitrogen and oxygen atoms in total. The number of carbonyl (C=O) groups is 1. The molecule has 2 aromatic rings. The van der Waals surface area contributed by atoms with Crippen LogP contribution in [-0.2, 0) is 0 Å². The molecular formula is C12H7Br2FN2OS2. The second-order valence-electron chi connectivity index (χ2n) is 3.75. The van der Waals surface area contributed by atoms with Crippen LogP contribution in [0.4, 0.5) is 10.1 Å². The van der Waals surface area contributed by atoms with Crippen molar-refractivity contribution >= 4 is 72.0 Å². The molecule has 0 fully saturated rings. The summed E-state index contributed by atoms with van der Waals surface area (Å²) in [6.45, 7) is 0. The van der Waals surface area contributed by atoms with Gasteiger partial charge in [0.15, 0.2) is 0 Å². The van der Waals surface area contributed by atoms with Crippen LogP contribution < -0.4 is 11.1 Å². The number of hydrogen-bond acceptors (Lipinski definition) is 3. The number of thiocarbonyl (C=S) groups is 1. The van der Waals surface area contributed by atoms with Gasteiger partial charge in [0.1, 0.15) is 10.8 Å². The Morgan fingerprint density at radius 1 is 1.30 bits per heavy atom. The zero-order valence-corrected chi connectivity index (χ0v) is 14.6. The number of thiophene rings is 1. The van der Waals surface area contributed by atoms with E-state index >= 15 is 0 Å². The predicted octanol–water partition coefficient (Wildman–Crippen LogP) is 4.30. The molecular weight excluding hydrogens is 431 g/mol. The number of nitrogens with one attached hydrogen (secondary N) is 1. The first-order chi connectivity index (χ1) is 9.38. The molecule has 104 valence electrons. The van der Waals surface area contributed by atoms with Crippen molar-refractivity contribution in [2.24, 2.45) is 5.73 Å². The summed E-state index contributed by atoms with van der Waals surface area (Å²) >= 11 is 12.8. The molecule has 0 saturated carbocycles. The van der Waals surface area contributed by atoms with E-state index in [0.717, 1.165) is 3.79 Å². The van der Waals surface area contributed by atoms with Gasteiger partial charge in [-0.2, -0.15) is 0 Å². The Kier molecular flexibility index (Phi) is 4.90. The van der Waals surface area contributed by atoms with Crippen molar-refractivity contribution < 1.29 is 9.18 Å². The summed E-state index contributed by atoms with van der Waals surface area (Å²) in [4.78, 5) is 12.2. The van der Waals surface area contributed by atoms with Crippen molar-refractivity contribution in [1.82, 2.24) is 0 Å². The summed E-state index contributed by atoms with van der Waals surface area (Å²) in [5.41, 5.74) is 6.67. The molecule has 0 unspecified atom stereocenters. The smallest absolute Gasteiger partial charge is 0.257 e. The summed E-state index contributed by atoms with van der Waals surface area (Å²) in [6.07, 6.45) is 0. The third-order valence-electron chi connectivity index (χ3n) is 2.40. The molecule has 3 N–H and O–H groups in total. The first-order valence-electron chi connectivity index (χ1n) is 5.24. The fourth-order valence-electron chi connectivity index (χ4n) is 1.51. The number of carbonyl (C=O) groups excluding carboxylic acids is 1. The molecule has 8 heteroatoms. The number of nitrogens with two attached hydrogens (primary N) is 1. The number of hydrogen-bond donors (Lipinski definition) is 2. The molecule has 0 aliphatic heterocycles. The lowest BCUT2D eigenvalue weighted by molar-refractivity contribution is 0.102. The van der Waals surface area contributed by atoms with E-state index in [1.54, 1.807) is 6.07 Å². The average molecular weight is 438 g/mol. The standard InChI is InChI=1S/C12H7Br2FN2OS2/c13-9-4-7(10(14)20-9)12(18)17-8-2-1-5(15)3-6(8)11(16)19/h1-4H,(H2,16,19)(H,17,18). The molecule has 0 bridgehead atoms. The third kappa shape index (κ3) is 3.43. The molecule has 0 spiro atoms. The Labute approximate surface area is 140 Å². The summed E-state index contributed by atoms with van der Waals surface area (Å²) in [7, 11) is 0. The second kappa shape index (κ2) is 6.30. The normalized spacial score (nSPS) is 10.3. The minimum absolute atomic E-state index is 0.0189. The Morgan fingerprint density at radius 2 is 2.00 bits per heavy atom. The van der Waals surface area contributed by atoms with Crippen LogP contribution >= 0.6 is 55.4 Å². The van der Waals surface area contributed by atoms with Crippen molar-refractivity contribution in [1.29, 1.82) is 0 Å². The zero-order valence-electron chi connectivity index (χ0n) is 9.75. The largest absolute Gasteiger partial charge is 0.389 e. The van der Waals surface area contributed by atoms with E-state index in [4.69, 9.17) is 18.0 Å². The third-order valence-corrected chi connectivity index (χ3v) is 4.96. The van der Waals surface area contributed by atoms with Crippen LogP contribution in [0.2, 0.25) is 0 Å². The van der Waals surface area contributed by atoms with E-state index in [2.05, 4.69) is 37.2 Å². The van der Waals surface area contributed by atoms with Gasteiger partial charge in [-0.15, -0.1) is 11.3 Å². The lowest BCUT2D eigenvalue weighted by atomic mass is 10.1. The molecule has 1 aromatic carbocycles. The monoisotopic (exact) mass is 436 g/mol. The van der Waals surface area contributed by atoms with Crippen LogP contribution in [0.25, 0.3) is 0 Å². The van der Waals surface area contributed by atoms with E-state index < -0.39 is 5.82 Å². The fourth-order valence-corrected chi connectivity index (χ4v) is 4.48. The van der Waals surface area contributed by atoms with Gasteiger partial charge < -0.3 is 11.1 Å². The van der Waals surface area contributed by atoms with Crippen molar-refractivity contribution in [2.45, 2.75) is 0 Å². The summed E-state index contributed by atoms with van der Waals surface area (Å²) in [6, 6.07) is 5.54. The lowest BCUT2D eigenvalue weighted by Crippen LogP contribution is -2.17. The summed E-state index contributed by atoms with van der Waals surface area (Å²) in [5.74, 6) is -0.798. The molecule has 0 aliphatic rings. The van der Waals surface area contributed by atoms with Gasteiger partial charge in [-0.05, 0) is 56.1 Å². The van der Waals surface area contributed by atoms with Gasteiger partial charge in [-0.3, -0.25) is 4.79 Å². The number of benzene rings is 1. The van der Waals surface area contributed by atoms with Gasteiger partial charge in [-0.25, -0.2) is 4.39 Å². The summed E-state index contributed by atoms with van der Waals surface area (Å²) < 4.78 is 14.7. The van der Waals surface area contributed by atoms with E-state index in [0.29, 0.717) is 20.6 Å². The quantitative estimate of drug-likeness (QED) is 0.704. The van der Waals surface area contributed by atoms with Gasteiger partial charge in [0.05, 0.1) is 18.8 Å². The van der Waals surface area contributed by atoms with Crippen molar-refractivity contribution in [3.63, 3.8) is 0 Å². The molecule has 2 rings (SSSR count). The minimum Gasteiger partial charge on any atom is -0.389 e. The van der Waals surface area contributed by atoms with Crippen LogP contribution in [0.1, 0.15) is 15.9 Å². The molecule has 0 atom stereocenters. The second-order valence-corrected chi connectivity index (χ2v) is 7.94. The topological polar surface area (TPSA) is 55.1 Å². The molecule has 1 aromatic heterocycles. The van der Waals surface area contributed by atoms with Crippen molar-refractivity contribution in [2.75, 3.05) is 5.32 Å². The summed E-state index contributed by atoms with van der Waals surface area (Å²) in [5, 5.41) is 2.67. The van der Waals surface area contributed by atoms with Gasteiger partial charge in [-0.1, -0.05) is 12.2 Å². The van der Waals surface area contributed by atoms with Gasteiger partial charge in [0.25, 0.3) is 5.91 Å². The van der Waals surface area contributed by atoms with Gasteiger partial charge in [0, 0.05) is 5.56 Å². The number of amides is 1. The first kappa shape index (κ1) is 15.6. The lowest BCUT2D eigenvalue weighted by Gasteiger charge is -2.10. The predicted molar refractivity (Wildman–Crippen MR) is 90.0 cm³/mol. The van der Waals surface area contributed by atoms with Gasteiger partial charge >= 0.3 is 0 Å². The Balaban J connectivity index is 2.33. The van der Waals surface area contributed by atoms with Crippen LogP contribution in [0.5, 0.6) is 0 Å². The number of halogens is 3. The number of rotatable bonds is 3. The zero-order chi connectivity index (χ0) is 14.9. The Morgan fingerprint density at radius 3 is 2.55 bits per heavy atom. The maximum Gasteiger partial charge on any atom is 0.257 e. The van der Waals surface area contributed by atoms with Crippen LogP contribution in [0.3, 0.4) is 0 Å². The highest BCUT2D eigenvalue weighted by molar-refractivity contribution is 9.12. The maximum atomic E-state index is 13.2. The van der Waals surface area contributed by atoms with Crippen LogP contribution in [0, 0.1) is 5.82 Å². The minimum atomic E-state index is -0.467. The Hall–Kier alpha value is -0.830. The average Bonchev–Trinajstić information content (AvgIpc) is 2.70. The van der Waals surface area contributed by atoms with Gasteiger partial charge in [0.2, 0.25) is 0 Å². The highest BCUT2D eigenvalue weighted by Gasteiger charge is 2.16. The van der Waals surface area contributed by atoms with E-state index in [1.807, 2.05) is 0 Å². The first-order valence-corrected chi connectivity index (χ1v) is 8.05. The number of anilines is 1. The Bertz CT molecular complexity index is 703. The molecule has 0 saturated heterocycles. The fraction of sp³-hybridized carbons (Fsp3) is 0. The van der Waals surface area contributed by atoms with Crippen molar-refractivity contribution in [3.05, 3.63) is 48.8 Å². The molecule has 20 heavy (non-hydrogen) atoms. The molecule has 0 radical (unpaired) electrons. The van der Waals surface area contributed by atoms with E-state index in [9.17, 15) is 9.18 Å². The van der Waals surface area contributed by atoms with E-state index in [1.165, 1.54) is 29.5 Å². The molecule has 0 aliphatic carbocycles. The van der Waals surface area contributed by atoms with Crippen molar-refractivity contribution in [3.8, 4) is 0 Å². The molecule has 1 heterocycles. The van der Waals surface area contributed by atoms with E-state index in [-0.39, 0.29) is 10.9 Å². The SMILES string of the molecule is NC(=S)c1cc(F)ccc1NC(=O)c1cc(Br)sc1Br. The molecule has 1 amide bonds.